The molecule has 2 nitrogen and oxygen atoms in total. The molecule has 6 aromatic carbocycles. The first-order chi connectivity index (χ1) is 19.7. The van der Waals surface area contributed by atoms with E-state index in [1.165, 1.54) is 44.5 Å². The lowest BCUT2D eigenvalue weighted by molar-refractivity contribution is 0.415. The Bertz CT molecular complexity index is 1760. The molecule has 0 aliphatic rings. The highest BCUT2D eigenvalue weighted by Crippen LogP contribution is 2.30. The average Bonchev–Trinajstić information content (AvgIpc) is 3.05. The first-order valence-corrected chi connectivity index (χ1v) is 13.3. The maximum atomic E-state index is 9.01. The fourth-order valence-corrected chi connectivity index (χ4v) is 4.94. The van der Waals surface area contributed by atoms with Crippen molar-refractivity contribution in [2.45, 2.75) is 0 Å². The number of methoxy groups -OCH3 is 1. The van der Waals surface area contributed by atoms with Crippen molar-refractivity contribution in [2.24, 2.45) is 0 Å². The summed E-state index contributed by atoms with van der Waals surface area (Å²) in [6, 6.07) is 52.7. The zero-order valence-electron chi connectivity index (χ0n) is 22.2. The van der Waals surface area contributed by atoms with Gasteiger partial charge in [-0.25, -0.2) is 0 Å². The van der Waals surface area contributed by atoms with E-state index in [4.69, 9.17) is 10.00 Å². The number of hydrogen-bond acceptors (Lipinski definition) is 2. The van der Waals surface area contributed by atoms with E-state index in [1.807, 2.05) is 36.4 Å². The van der Waals surface area contributed by atoms with E-state index in [9.17, 15) is 0 Å². The van der Waals surface area contributed by atoms with Crippen molar-refractivity contribution in [2.75, 3.05) is 7.11 Å². The van der Waals surface area contributed by atoms with Crippen LogP contribution in [0.5, 0.6) is 5.75 Å². The van der Waals surface area contributed by atoms with Crippen LogP contribution in [0.25, 0.3) is 55.6 Å². The molecule has 0 bridgehead atoms. The lowest BCUT2D eigenvalue weighted by Gasteiger charge is -2.09. The van der Waals surface area contributed by atoms with Crippen LogP contribution in [0.15, 0.2) is 146 Å². The minimum Gasteiger partial charge on any atom is -0.497 e. The van der Waals surface area contributed by atoms with Crippen LogP contribution in [0.2, 0.25) is 0 Å². The molecule has 0 spiro atoms. The summed E-state index contributed by atoms with van der Waals surface area (Å²) in [6.07, 6.45) is 0. The lowest BCUT2D eigenvalue weighted by Crippen LogP contribution is -1.84. The first-order valence-electron chi connectivity index (χ1n) is 13.3. The molecule has 0 fully saturated rings. The average molecular weight is 514 g/mol. The van der Waals surface area contributed by atoms with Gasteiger partial charge in [-0.3, -0.25) is 0 Å². The third kappa shape index (κ3) is 5.27. The molecule has 0 unspecified atom stereocenters. The van der Waals surface area contributed by atoms with Crippen LogP contribution in [0.4, 0.5) is 0 Å². The number of ether oxygens (including phenoxy) is 1. The van der Waals surface area contributed by atoms with Crippen molar-refractivity contribution in [3.05, 3.63) is 151 Å². The van der Waals surface area contributed by atoms with Crippen LogP contribution in [0, 0.1) is 11.3 Å². The van der Waals surface area contributed by atoms with Crippen molar-refractivity contribution in [1.29, 1.82) is 5.26 Å². The fraction of sp³-hybridized carbons (Fsp3) is 0.0263. The van der Waals surface area contributed by atoms with Gasteiger partial charge in [0.1, 0.15) is 5.75 Å². The highest BCUT2D eigenvalue weighted by Gasteiger charge is 2.05. The number of nitriles is 1. The number of hydrogen-bond donors (Lipinski definition) is 0. The Morgan fingerprint density at radius 3 is 0.750 bits per heavy atom. The van der Waals surface area contributed by atoms with E-state index >= 15 is 0 Å². The Hall–Kier alpha value is -5.39. The molecule has 0 amide bonds. The van der Waals surface area contributed by atoms with Crippen molar-refractivity contribution < 1.29 is 4.74 Å². The quantitative estimate of drug-likeness (QED) is 0.222. The van der Waals surface area contributed by atoms with Gasteiger partial charge in [0.25, 0.3) is 0 Å². The zero-order chi connectivity index (χ0) is 27.3. The minimum absolute atomic E-state index is 0.675. The molecule has 0 N–H and O–H groups in total. The molecule has 0 saturated carbocycles. The predicted molar refractivity (Wildman–Crippen MR) is 165 cm³/mol. The Balaban J connectivity index is 1.14. The summed E-state index contributed by atoms with van der Waals surface area (Å²) in [5, 5.41) is 9.01. The highest BCUT2D eigenvalue weighted by atomic mass is 16.5. The van der Waals surface area contributed by atoms with Gasteiger partial charge in [-0.1, -0.05) is 121 Å². The minimum atomic E-state index is 0.675. The van der Waals surface area contributed by atoms with Crippen LogP contribution in [0.1, 0.15) is 5.56 Å². The van der Waals surface area contributed by atoms with Gasteiger partial charge in [0.05, 0.1) is 18.7 Å². The van der Waals surface area contributed by atoms with E-state index in [1.54, 1.807) is 7.11 Å². The van der Waals surface area contributed by atoms with Gasteiger partial charge in [-0.2, -0.15) is 5.26 Å². The number of nitrogens with zero attached hydrogens (tertiary/aromatic N) is 1. The zero-order valence-corrected chi connectivity index (χ0v) is 22.2. The maximum absolute atomic E-state index is 9.01. The summed E-state index contributed by atoms with van der Waals surface area (Å²) in [4.78, 5) is 0. The Kier molecular flexibility index (Phi) is 6.95. The molecular weight excluding hydrogens is 486 g/mol. The Labute approximate surface area is 235 Å². The largest absolute Gasteiger partial charge is 0.497 e. The van der Waals surface area contributed by atoms with Crippen LogP contribution in [-0.2, 0) is 0 Å². The van der Waals surface area contributed by atoms with Crippen LogP contribution in [0.3, 0.4) is 0 Å². The molecule has 6 rings (SSSR count). The molecule has 0 aliphatic carbocycles. The third-order valence-corrected chi connectivity index (χ3v) is 7.31. The summed E-state index contributed by atoms with van der Waals surface area (Å²) >= 11 is 0. The molecule has 2 heteroatoms. The van der Waals surface area contributed by atoms with E-state index in [0.29, 0.717) is 5.56 Å². The summed E-state index contributed by atoms with van der Waals surface area (Å²) in [5.74, 6) is 0.866. The van der Waals surface area contributed by atoms with Crippen molar-refractivity contribution in [3.63, 3.8) is 0 Å². The molecular formula is C38H27NO. The second kappa shape index (κ2) is 11.2. The van der Waals surface area contributed by atoms with E-state index in [-0.39, 0.29) is 0 Å². The normalized spacial score (nSPS) is 10.6. The molecule has 6 aromatic rings. The van der Waals surface area contributed by atoms with Crippen LogP contribution >= 0.6 is 0 Å². The van der Waals surface area contributed by atoms with Gasteiger partial charge in [0.15, 0.2) is 0 Å². The van der Waals surface area contributed by atoms with Gasteiger partial charge >= 0.3 is 0 Å². The molecule has 190 valence electrons. The van der Waals surface area contributed by atoms with E-state index in [2.05, 4.69) is 115 Å². The molecule has 0 atom stereocenters. The first kappa shape index (κ1) is 24.9. The fourth-order valence-electron chi connectivity index (χ4n) is 4.94. The van der Waals surface area contributed by atoms with Gasteiger partial charge in [0.2, 0.25) is 0 Å². The summed E-state index contributed by atoms with van der Waals surface area (Å²) in [7, 11) is 1.69. The Morgan fingerprint density at radius 2 is 0.550 bits per heavy atom. The van der Waals surface area contributed by atoms with E-state index < -0.39 is 0 Å². The SMILES string of the molecule is COc1ccc(-c2ccc(-c3ccc(-c4ccc(-c5ccc(-c6ccc(C#N)cc6)cc5)cc4)cc3)cc2)cc1. The van der Waals surface area contributed by atoms with Crippen molar-refractivity contribution >= 4 is 0 Å². The monoisotopic (exact) mass is 513 g/mol. The molecule has 0 heterocycles. The summed E-state index contributed by atoms with van der Waals surface area (Å²) in [6.45, 7) is 0. The standard InChI is InChI=1S/C38H27NO/c1-40-38-24-22-37(23-25-38)36-20-18-35(19-21-36)34-16-14-33(15-17-34)32-12-10-31(11-13-32)30-8-6-29(7-9-30)28-4-2-27(26-39)3-5-28/h2-25H,1H3. The lowest BCUT2D eigenvalue weighted by atomic mass is 9.96. The molecule has 0 aliphatic heterocycles. The van der Waals surface area contributed by atoms with Gasteiger partial charge in [-0.05, 0) is 79.9 Å². The summed E-state index contributed by atoms with van der Waals surface area (Å²) < 4.78 is 5.27. The molecule has 40 heavy (non-hydrogen) atoms. The molecule has 0 aromatic heterocycles. The van der Waals surface area contributed by atoms with Gasteiger partial charge in [0, 0.05) is 0 Å². The Morgan fingerprint density at radius 1 is 0.350 bits per heavy atom. The van der Waals surface area contributed by atoms with Gasteiger partial charge < -0.3 is 4.74 Å². The van der Waals surface area contributed by atoms with Crippen molar-refractivity contribution in [3.8, 4) is 67.5 Å². The van der Waals surface area contributed by atoms with Crippen LogP contribution < -0.4 is 4.74 Å². The second-order valence-corrected chi connectivity index (χ2v) is 9.73. The number of benzene rings is 6. The smallest absolute Gasteiger partial charge is 0.118 e. The summed E-state index contributed by atoms with van der Waals surface area (Å²) in [5.41, 5.74) is 12.4. The van der Waals surface area contributed by atoms with E-state index in [0.717, 1.165) is 16.9 Å². The maximum Gasteiger partial charge on any atom is 0.118 e. The second-order valence-electron chi connectivity index (χ2n) is 9.73. The molecule has 0 saturated heterocycles. The van der Waals surface area contributed by atoms with Gasteiger partial charge in [-0.15, -0.1) is 0 Å². The topological polar surface area (TPSA) is 33.0 Å². The molecule has 0 radical (unpaired) electrons. The highest BCUT2D eigenvalue weighted by molar-refractivity contribution is 5.76. The van der Waals surface area contributed by atoms with Crippen LogP contribution in [-0.4, -0.2) is 7.11 Å². The number of rotatable bonds is 6. The third-order valence-electron chi connectivity index (χ3n) is 7.31. The van der Waals surface area contributed by atoms with Crippen molar-refractivity contribution in [1.82, 2.24) is 0 Å². The predicted octanol–water partition coefficient (Wildman–Crippen LogP) is 9.90.